The number of carboxylic acid groups (broad SMARTS) is 1. The molecule has 0 saturated heterocycles. The summed E-state index contributed by atoms with van der Waals surface area (Å²) in [6, 6.07) is 13.6. The lowest BCUT2D eigenvalue weighted by Crippen LogP contribution is -2.09. The first-order valence-electron chi connectivity index (χ1n) is 5.67. The molecule has 0 aromatic heterocycles. The highest BCUT2D eigenvalue weighted by atomic mass is 19.1. The largest absolute Gasteiger partial charge is 0.481 e. The quantitative estimate of drug-likeness (QED) is 0.894. The van der Waals surface area contributed by atoms with Gasteiger partial charge in [0.05, 0.1) is 5.92 Å². The molecule has 1 unspecified atom stereocenters. The number of benzene rings is 2. The summed E-state index contributed by atoms with van der Waals surface area (Å²) in [5, 5.41) is 9.08. The molecule has 0 heterocycles. The van der Waals surface area contributed by atoms with Crippen LogP contribution < -0.4 is 0 Å². The summed E-state index contributed by atoms with van der Waals surface area (Å²) in [7, 11) is 0. The third kappa shape index (κ3) is 2.40. The molecule has 0 bridgehead atoms. The number of rotatable bonds is 3. The van der Waals surface area contributed by atoms with Crippen LogP contribution in [-0.4, -0.2) is 11.1 Å². The Kier molecular flexibility index (Phi) is 3.42. The Morgan fingerprint density at radius 2 is 1.83 bits per heavy atom. The summed E-state index contributed by atoms with van der Waals surface area (Å²) >= 11 is 0. The maximum atomic E-state index is 13.3. The molecule has 92 valence electrons. The lowest BCUT2D eigenvalue weighted by atomic mass is 9.91. The van der Waals surface area contributed by atoms with Gasteiger partial charge in [0, 0.05) is 0 Å². The summed E-state index contributed by atoms with van der Waals surface area (Å²) in [6.07, 6.45) is 0. The van der Waals surface area contributed by atoms with E-state index >= 15 is 0 Å². The second-order valence-electron chi connectivity index (χ2n) is 4.16. The fourth-order valence-corrected chi connectivity index (χ4v) is 1.91. The average Bonchev–Trinajstić information content (AvgIpc) is 2.38. The summed E-state index contributed by atoms with van der Waals surface area (Å²) < 4.78 is 13.3. The molecule has 0 amide bonds. The standard InChI is InChI=1S/C15H13FO2/c1-10(15(17)18)14-9-12(16)7-8-13(14)11-5-3-2-4-6-11/h2-10H,1H3,(H,17,18). The fourth-order valence-electron chi connectivity index (χ4n) is 1.91. The molecule has 0 spiro atoms. The zero-order valence-corrected chi connectivity index (χ0v) is 9.93. The van der Waals surface area contributed by atoms with Crippen molar-refractivity contribution >= 4 is 5.97 Å². The van der Waals surface area contributed by atoms with Gasteiger partial charge >= 0.3 is 5.97 Å². The van der Waals surface area contributed by atoms with Crippen molar-refractivity contribution in [1.29, 1.82) is 0 Å². The predicted octanol–water partition coefficient (Wildman–Crippen LogP) is 3.68. The maximum Gasteiger partial charge on any atom is 0.310 e. The number of aliphatic carboxylic acids is 1. The molecular formula is C15H13FO2. The molecule has 0 aliphatic carbocycles. The van der Waals surface area contributed by atoms with Crippen LogP contribution in [0.25, 0.3) is 11.1 Å². The molecule has 0 fully saturated rings. The molecule has 0 radical (unpaired) electrons. The molecule has 1 atom stereocenters. The Labute approximate surface area is 105 Å². The van der Waals surface area contributed by atoms with Gasteiger partial charge in [0.2, 0.25) is 0 Å². The Hall–Kier alpha value is -2.16. The summed E-state index contributed by atoms with van der Waals surface area (Å²) in [6.45, 7) is 1.56. The molecule has 18 heavy (non-hydrogen) atoms. The monoisotopic (exact) mass is 244 g/mol. The van der Waals surface area contributed by atoms with E-state index in [4.69, 9.17) is 5.11 Å². The number of carboxylic acids is 1. The van der Waals surface area contributed by atoms with Gasteiger partial charge in [0.25, 0.3) is 0 Å². The van der Waals surface area contributed by atoms with Crippen molar-refractivity contribution in [3.8, 4) is 11.1 Å². The lowest BCUT2D eigenvalue weighted by molar-refractivity contribution is -0.138. The van der Waals surface area contributed by atoms with E-state index in [0.29, 0.717) is 5.56 Å². The normalized spacial score (nSPS) is 12.1. The van der Waals surface area contributed by atoms with Gasteiger partial charge in [0.15, 0.2) is 0 Å². The van der Waals surface area contributed by atoms with Crippen LogP contribution in [0, 0.1) is 5.82 Å². The molecule has 0 saturated carbocycles. The van der Waals surface area contributed by atoms with Crippen molar-refractivity contribution in [1.82, 2.24) is 0 Å². The Bertz CT molecular complexity index is 564. The molecule has 0 aliphatic heterocycles. The van der Waals surface area contributed by atoms with Gasteiger partial charge in [-0.05, 0) is 35.7 Å². The summed E-state index contributed by atoms with van der Waals surface area (Å²) in [5.41, 5.74) is 2.14. The smallest absolute Gasteiger partial charge is 0.310 e. The van der Waals surface area contributed by atoms with E-state index in [1.807, 2.05) is 30.3 Å². The molecular weight excluding hydrogens is 231 g/mol. The molecule has 2 aromatic carbocycles. The molecule has 3 heteroatoms. The van der Waals surface area contributed by atoms with Gasteiger partial charge in [-0.3, -0.25) is 4.79 Å². The fraction of sp³-hybridized carbons (Fsp3) is 0.133. The first-order chi connectivity index (χ1) is 8.59. The first kappa shape index (κ1) is 12.3. The Morgan fingerprint density at radius 1 is 1.17 bits per heavy atom. The third-order valence-corrected chi connectivity index (χ3v) is 2.94. The van der Waals surface area contributed by atoms with Crippen LogP contribution in [0.5, 0.6) is 0 Å². The van der Waals surface area contributed by atoms with Crippen molar-refractivity contribution in [2.45, 2.75) is 12.8 Å². The van der Waals surface area contributed by atoms with Gasteiger partial charge in [-0.25, -0.2) is 4.39 Å². The van der Waals surface area contributed by atoms with E-state index in [0.717, 1.165) is 11.1 Å². The lowest BCUT2D eigenvalue weighted by Gasteiger charge is -2.13. The summed E-state index contributed by atoms with van der Waals surface area (Å²) in [4.78, 5) is 11.1. The number of hydrogen-bond donors (Lipinski definition) is 1. The van der Waals surface area contributed by atoms with E-state index in [1.54, 1.807) is 13.0 Å². The summed E-state index contributed by atoms with van der Waals surface area (Å²) in [5.74, 6) is -2.12. The van der Waals surface area contributed by atoms with E-state index in [-0.39, 0.29) is 0 Å². The molecule has 2 nitrogen and oxygen atoms in total. The van der Waals surface area contributed by atoms with Crippen molar-refractivity contribution in [2.24, 2.45) is 0 Å². The number of halogens is 1. The minimum Gasteiger partial charge on any atom is -0.481 e. The van der Waals surface area contributed by atoms with E-state index in [9.17, 15) is 9.18 Å². The van der Waals surface area contributed by atoms with Crippen LogP contribution in [0.1, 0.15) is 18.4 Å². The van der Waals surface area contributed by atoms with Crippen molar-refractivity contribution in [2.75, 3.05) is 0 Å². The van der Waals surface area contributed by atoms with E-state index in [2.05, 4.69) is 0 Å². The zero-order chi connectivity index (χ0) is 13.1. The predicted molar refractivity (Wildman–Crippen MR) is 67.9 cm³/mol. The van der Waals surface area contributed by atoms with Gasteiger partial charge < -0.3 is 5.11 Å². The molecule has 2 rings (SSSR count). The Balaban J connectivity index is 2.57. The van der Waals surface area contributed by atoms with Gasteiger partial charge in [0.1, 0.15) is 5.82 Å². The molecule has 1 N–H and O–H groups in total. The van der Waals surface area contributed by atoms with Crippen molar-refractivity contribution in [3.05, 3.63) is 59.9 Å². The van der Waals surface area contributed by atoms with Crippen LogP contribution in [0.4, 0.5) is 4.39 Å². The minimum atomic E-state index is -0.960. The van der Waals surface area contributed by atoms with Crippen LogP contribution in [0.2, 0.25) is 0 Å². The van der Waals surface area contributed by atoms with Gasteiger partial charge in [-0.1, -0.05) is 36.4 Å². The Morgan fingerprint density at radius 3 is 2.44 bits per heavy atom. The van der Waals surface area contributed by atoms with Crippen molar-refractivity contribution < 1.29 is 14.3 Å². The SMILES string of the molecule is CC(C(=O)O)c1cc(F)ccc1-c1ccccc1. The van der Waals surface area contributed by atoms with Crippen LogP contribution in [0.15, 0.2) is 48.5 Å². The van der Waals surface area contributed by atoms with Crippen LogP contribution in [0.3, 0.4) is 0 Å². The highest BCUT2D eigenvalue weighted by Crippen LogP contribution is 2.30. The highest BCUT2D eigenvalue weighted by molar-refractivity contribution is 5.80. The maximum absolute atomic E-state index is 13.3. The van der Waals surface area contributed by atoms with Crippen LogP contribution >= 0.6 is 0 Å². The van der Waals surface area contributed by atoms with Gasteiger partial charge in [-0.2, -0.15) is 0 Å². The topological polar surface area (TPSA) is 37.3 Å². The number of hydrogen-bond acceptors (Lipinski definition) is 1. The van der Waals surface area contributed by atoms with Crippen molar-refractivity contribution in [3.63, 3.8) is 0 Å². The van der Waals surface area contributed by atoms with E-state index < -0.39 is 17.7 Å². The second kappa shape index (κ2) is 5.00. The second-order valence-corrected chi connectivity index (χ2v) is 4.16. The van der Waals surface area contributed by atoms with E-state index in [1.165, 1.54) is 12.1 Å². The molecule has 2 aromatic rings. The first-order valence-corrected chi connectivity index (χ1v) is 5.67. The highest BCUT2D eigenvalue weighted by Gasteiger charge is 2.18. The van der Waals surface area contributed by atoms with Crippen LogP contribution in [-0.2, 0) is 4.79 Å². The number of carbonyl (C=O) groups is 1. The molecule has 0 aliphatic rings. The van der Waals surface area contributed by atoms with Gasteiger partial charge in [-0.15, -0.1) is 0 Å². The third-order valence-electron chi connectivity index (χ3n) is 2.94. The zero-order valence-electron chi connectivity index (χ0n) is 9.93. The average molecular weight is 244 g/mol. The minimum absolute atomic E-state index is 0.419.